The van der Waals surface area contributed by atoms with Crippen LogP contribution >= 0.6 is 0 Å². The highest BCUT2D eigenvalue weighted by molar-refractivity contribution is 5.29. The third kappa shape index (κ3) is 2.39. The smallest absolute Gasteiger partial charge is 0.108 e. The summed E-state index contributed by atoms with van der Waals surface area (Å²) >= 11 is 0. The van der Waals surface area contributed by atoms with Crippen molar-refractivity contribution in [2.75, 3.05) is 13.2 Å². The van der Waals surface area contributed by atoms with Crippen LogP contribution in [-0.4, -0.2) is 18.3 Å². The molecule has 1 heterocycles. The van der Waals surface area contributed by atoms with Crippen molar-refractivity contribution in [1.82, 2.24) is 0 Å². The van der Waals surface area contributed by atoms with Crippen molar-refractivity contribution < 1.29 is 9.84 Å². The molecule has 1 fully saturated rings. The minimum Gasteiger partial charge on any atom is -0.383 e. The van der Waals surface area contributed by atoms with Crippen LogP contribution in [-0.2, 0) is 10.3 Å². The topological polar surface area (TPSA) is 53.2 Å². The van der Waals surface area contributed by atoms with Gasteiger partial charge in [-0.3, -0.25) is 0 Å². The maximum absolute atomic E-state index is 11.3. The van der Waals surface area contributed by atoms with Gasteiger partial charge in [-0.25, -0.2) is 0 Å². The minimum absolute atomic E-state index is 0.548. The summed E-state index contributed by atoms with van der Waals surface area (Å²) in [6, 6.07) is 12.0. The second-order valence-electron chi connectivity index (χ2n) is 5.28. The first-order chi connectivity index (χ1) is 9.18. The molecule has 1 aliphatic rings. The lowest BCUT2D eigenvalue weighted by molar-refractivity contribution is -0.115. The van der Waals surface area contributed by atoms with E-state index in [1.807, 2.05) is 37.3 Å². The Morgan fingerprint density at radius 1 is 1.32 bits per heavy atom. The van der Waals surface area contributed by atoms with Crippen molar-refractivity contribution in [3.63, 3.8) is 0 Å². The Balaban J connectivity index is 2.46. The lowest BCUT2D eigenvalue weighted by Crippen LogP contribution is -2.48. The van der Waals surface area contributed by atoms with E-state index >= 15 is 0 Å². The molecule has 3 heteroatoms. The van der Waals surface area contributed by atoms with Crippen molar-refractivity contribution in [3.8, 4) is 6.07 Å². The second kappa shape index (κ2) is 5.73. The number of benzene rings is 1. The Labute approximate surface area is 114 Å². The number of hydrogen-bond acceptors (Lipinski definition) is 3. The molecule has 1 unspecified atom stereocenters. The van der Waals surface area contributed by atoms with Crippen molar-refractivity contribution in [1.29, 1.82) is 5.26 Å². The molecule has 0 amide bonds. The Hall–Kier alpha value is -1.37. The Kier molecular flexibility index (Phi) is 4.24. The monoisotopic (exact) mass is 259 g/mol. The van der Waals surface area contributed by atoms with Crippen molar-refractivity contribution in [2.24, 2.45) is 5.41 Å². The molecule has 0 spiro atoms. The van der Waals surface area contributed by atoms with Gasteiger partial charge in [0.2, 0.25) is 0 Å². The SMILES string of the molecule is CCCC(O)(c1ccccc1)C1(C#N)CCOCC1. The van der Waals surface area contributed by atoms with Crippen LogP contribution in [0.2, 0.25) is 0 Å². The first-order valence-electron chi connectivity index (χ1n) is 6.95. The standard InChI is InChI=1S/C16H21NO2/c1-2-8-16(18,14-6-4-3-5-7-14)15(13-17)9-11-19-12-10-15/h3-7,18H,2,8-12H2,1H3. The predicted molar refractivity (Wildman–Crippen MR) is 73.3 cm³/mol. The molecular formula is C16H21NO2. The number of ether oxygens (including phenoxy) is 1. The first-order valence-corrected chi connectivity index (χ1v) is 6.95. The van der Waals surface area contributed by atoms with E-state index in [2.05, 4.69) is 6.07 Å². The van der Waals surface area contributed by atoms with Crippen molar-refractivity contribution in [2.45, 2.75) is 38.2 Å². The zero-order valence-corrected chi connectivity index (χ0v) is 11.4. The van der Waals surface area contributed by atoms with Gasteiger partial charge in [-0.15, -0.1) is 0 Å². The molecule has 1 aromatic carbocycles. The molecule has 19 heavy (non-hydrogen) atoms. The van der Waals surface area contributed by atoms with E-state index in [0.29, 0.717) is 32.5 Å². The molecule has 0 saturated carbocycles. The molecule has 0 aliphatic carbocycles. The van der Waals surface area contributed by atoms with Gasteiger partial charge in [0.1, 0.15) is 5.60 Å². The number of rotatable bonds is 4. The molecule has 0 radical (unpaired) electrons. The zero-order chi connectivity index (χ0) is 13.8. The summed E-state index contributed by atoms with van der Waals surface area (Å²) < 4.78 is 5.37. The zero-order valence-electron chi connectivity index (χ0n) is 11.4. The summed E-state index contributed by atoms with van der Waals surface area (Å²) in [5, 5.41) is 21.0. The van der Waals surface area contributed by atoms with Crippen molar-refractivity contribution >= 4 is 0 Å². The predicted octanol–water partition coefficient (Wildman–Crippen LogP) is 2.99. The van der Waals surface area contributed by atoms with Gasteiger partial charge in [-0.2, -0.15) is 5.26 Å². The highest BCUT2D eigenvalue weighted by Gasteiger charge is 2.52. The number of nitrogens with zero attached hydrogens (tertiary/aromatic N) is 1. The molecule has 0 aromatic heterocycles. The summed E-state index contributed by atoms with van der Waals surface area (Å²) in [5.41, 5.74) is -0.968. The highest BCUT2D eigenvalue weighted by atomic mass is 16.5. The normalized spacial score (nSPS) is 21.3. The Morgan fingerprint density at radius 3 is 2.47 bits per heavy atom. The third-order valence-electron chi connectivity index (χ3n) is 4.22. The summed E-state index contributed by atoms with van der Waals surface area (Å²) in [7, 11) is 0. The minimum atomic E-state index is -1.08. The van der Waals surface area contributed by atoms with Crippen LogP contribution in [0.15, 0.2) is 30.3 Å². The fraction of sp³-hybridized carbons (Fsp3) is 0.562. The first kappa shape index (κ1) is 14.0. The fourth-order valence-electron chi connectivity index (χ4n) is 3.07. The molecule has 102 valence electrons. The summed E-state index contributed by atoms with van der Waals surface area (Å²) in [6.45, 7) is 3.14. The third-order valence-corrected chi connectivity index (χ3v) is 4.22. The van der Waals surface area contributed by atoms with E-state index in [0.717, 1.165) is 12.0 Å². The highest BCUT2D eigenvalue weighted by Crippen LogP contribution is 2.49. The number of hydrogen-bond donors (Lipinski definition) is 1. The van der Waals surface area contributed by atoms with Gasteiger partial charge < -0.3 is 9.84 Å². The van der Waals surface area contributed by atoms with Gasteiger partial charge in [-0.1, -0.05) is 43.7 Å². The Bertz CT molecular complexity index is 446. The van der Waals surface area contributed by atoms with Crippen LogP contribution in [0, 0.1) is 16.7 Å². The molecule has 1 aromatic rings. The van der Waals surface area contributed by atoms with E-state index in [1.54, 1.807) is 0 Å². The van der Waals surface area contributed by atoms with Crippen LogP contribution in [0.1, 0.15) is 38.2 Å². The van der Waals surface area contributed by atoms with Crippen LogP contribution in [0.5, 0.6) is 0 Å². The van der Waals surface area contributed by atoms with Gasteiger partial charge in [0.15, 0.2) is 0 Å². The van der Waals surface area contributed by atoms with Crippen LogP contribution in [0.3, 0.4) is 0 Å². The molecule has 1 N–H and O–H groups in total. The summed E-state index contributed by atoms with van der Waals surface area (Å²) in [6.07, 6.45) is 2.63. The molecular weight excluding hydrogens is 238 g/mol. The fourth-order valence-corrected chi connectivity index (χ4v) is 3.07. The number of nitriles is 1. The molecule has 1 aliphatic heterocycles. The molecule has 2 rings (SSSR count). The van der Waals surface area contributed by atoms with Gasteiger partial charge in [0, 0.05) is 13.2 Å². The Morgan fingerprint density at radius 2 is 1.95 bits per heavy atom. The molecule has 0 bridgehead atoms. The van der Waals surface area contributed by atoms with Gasteiger partial charge in [0.05, 0.1) is 11.5 Å². The average Bonchev–Trinajstić information content (AvgIpc) is 2.49. The molecule has 1 atom stereocenters. The van der Waals surface area contributed by atoms with E-state index in [-0.39, 0.29) is 0 Å². The van der Waals surface area contributed by atoms with Crippen LogP contribution in [0.25, 0.3) is 0 Å². The largest absolute Gasteiger partial charge is 0.383 e. The van der Waals surface area contributed by atoms with E-state index in [4.69, 9.17) is 4.74 Å². The van der Waals surface area contributed by atoms with E-state index in [1.165, 1.54) is 0 Å². The van der Waals surface area contributed by atoms with E-state index < -0.39 is 11.0 Å². The summed E-state index contributed by atoms with van der Waals surface area (Å²) in [5.74, 6) is 0. The summed E-state index contributed by atoms with van der Waals surface area (Å²) in [4.78, 5) is 0. The lowest BCUT2D eigenvalue weighted by atomic mass is 9.63. The van der Waals surface area contributed by atoms with Crippen molar-refractivity contribution in [3.05, 3.63) is 35.9 Å². The van der Waals surface area contributed by atoms with Gasteiger partial charge in [-0.05, 0) is 24.8 Å². The van der Waals surface area contributed by atoms with Gasteiger partial charge in [0.25, 0.3) is 0 Å². The molecule has 1 saturated heterocycles. The number of aliphatic hydroxyl groups is 1. The van der Waals surface area contributed by atoms with E-state index in [9.17, 15) is 10.4 Å². The van der Waals surface area contributed by atoms with Gasteiger partial charge >= 0.3 is 0 Å². The van der Waals surface area contributed by atoms with Crippen LogP contribution in [0.4, 0.5) is 0 Å². The lowest BCUT2D eigenvalue weighted by Gasteiger charge is -2.45. The van der Waals surface area contributed by atoms with Crippen LogP contribution < -0.4 is 0 Å². The maximum atomic E-state index is 11.3. The second-order valence-corrected chi connectivity index (χ2v) is 5.28. The quantitative estimate of drug-likeness (QED) is 0.904. The maximum Gasteiger partial charge on any atom is 0.108 e. The molecule has 3 nitrogen and oxygen atoms in total. The average molecular weight is 259 g/mol.